The number of carboxylic acids is 1. The van der Waals surface area contributed by atoms with Crippen molar-refractivity contribution in [3.8, 4) is 5.69 Å². The number of carbonyl (C=O) groups is 2. The lowest BCUT2D eigenvalue weighted by Crippen LogP contribution is -2.16. The molecule has 3 aromatic rings. The van der Waals surface area contributed by atoms with Crippen LogP contribution >= 0.6 is 11.6 Å². The molecule has 24 heavy (non-hydrogen) atoms. The molecule has 0 saturated carbocycles. The number of halogens is 1. The van der Waals surface area contributed by atoms with E-state index in [4.69, 9.17) is 16.7 Å². The molecule has 0 saturated heterocycles. The van der Waals surface area contributed by atoms with Crippen LogP contribution < -0.4 is 5.32 Å². The highest BCUT2D eigenvalue weighted by atomic mass is 35.5. The van der Waals surface area contributed by atoms with Crippen molar-refractivity contribution < 1.29 is 14.7 Å². The fourth-order valence-corrected chi connectivity index (χ4v) is 2.19. The van der Waals surface area contributed by atoms with Crippen molar-refractivity contribution in [2.75, 3.05) is 5.32 Å². The first-order valence-corrected chi connectivity index (χ1v) is 7.11. The molecular weight excluding hydrogens is 334 g/mol. The topological polar surface area (TPSA) is 110 Å². The van der Waals surface area contributed by atoms with Gasteiger partial charge in [-0.2, -0.15) is 0 Å². The van der Waals surface area contributed by atoms with Gasteiger partial charge in [-0.15, -0.1) is 5.10 Å². The van der Waals surface area contributed by atoms with E-state index in [-0.39, 0.29) is 17.1 Å². The van der Waals surface area contributed by atoms with Crippen molar-refractivity contribution in [2.45, 2.75) is 0 Å². The summed E-state index contributed by atoms with van der Waals surface area (Å²) >= 11 is 6.07. The Hall–Kier alpha value is -3.26. The predicted molar refractivity (Wildman–Crippen MR) is 85.5 cm³/mol. The van der Waals surface area contributed by atoms with Crippen LogP contribution in [0.25, 0.3) is 5.69 Å². The summed E-state index contributed by atoms with van der Waals surface area (Å²) in [7, 11) is 0. The highest BCUT2D eigenvalue weighted by Crippen LogP contribution is 2.19. The van der Waals surface area contributed by atoms with Gasteiger partial charge in [0.15, 0.2) is 5.69 Å². The summed E-state index contributed by atoms with van der Waals surface area (Å²) in [6, 6.07) is 9.75. The molecule has 1 amide bonds. The summed E-state index contributed by atoms with van der Waals surface area (Å²) in [5, 5.41) is 19.6. The zero-order chi connectivity index (χ0) is 17.1. The highest BCUT2D eigenvalue weighted by molar-refractivity contribution is 6.32. The van der Waals surface area contributed by atoms with Crippen LogP contribution in [-0.4, -0.2) is 37.0 Å². The zero-order valence-electron chi connectivity index (χ0n) is 12.0. The lowest BCUT2D eigenvalue weighted by atomic mass is 10.2. The Morgan fingerprint density at radius 3 is 2.71 bits per heavy atom. The number of pyridine rings is 1. The molecule has 3 rings (SSSR count). The Bertz CT molecular complexity index is 925. The number of amides is 1. The van der Waals surface area contributed by atoms with Crippen LogP contribution in [0.1, 0.15) is 20.8 Å². The number of carbonyl (C=O) groups excluding carboxylic acids is 1. The summed E-state index contributed by atoms with van der Waals surface area (Å²) in [5.74, 6) is -1.89. The highest BCUT2D eigenvalue weighted by Gasteiger charge is 2.17. The van der Waals surface area contributed by atoms with Crippen LogP contribution in [0.3, 0.4) is 0 Å². The number of nitrogens with zero attached hydrogens (tertiary/aromatic N) is 4. The third-order valence-corrected chi connectivity index (χ3v) is 3.41. The maximum atomic E-state index is 12.2. The minimum atomic E-state index is -1.20. The van der Waals surface area contributed by atoms with Gasteiger partial charge in [0.05, 0.1) is 16.9 Å². The molecule has 0 radical (unpaired) electrons. The molecule has 0 fully saturated rings. The van der Waals surface area contributed by atoms with Crippen LogP contribution in [0, 0.1) is 0 Å². The van der Waals surface area contributed by atoms with Gasteiger partial charge >= 0.3 is 5.97 Å². The molecule has 8 nitrogen and oxygen atoms in total. The molecule has 0 aliphatic rings. The second-order valence-corrected chi connectivity index (χ2v) is 5.07. The van der Waals surface area contributed by atoms with E-state index in [9.17, 15) is 9.59 Å². The molecule has 120 valence electrons. The van der Waals surface area contributed by atoms with Gasteiger partial charge in [-0.3, -0.25) is 4.79 Å². The number of aromatic nitrogens is 4. The molecule has 0 unspecified atom stereocenters. The first-order chi connectivity index (χ1) is 11.6. The monoisotopic (exact) mass is 343 g/mol. The molecule has 0 atom stereocenters. The fourth-order valence-electron chi connectivity index (χ4n) is 1.97. The molecule has 2 heterocycles. The van der Waals surface area contributed by atoms with E-state index in [1.54, 1.807) is 24.3 Å². The van der Waals surface area contributed by atoms with Crippen molar-refractivity contribution in [3.05, 3.63) is 65.1 Å². The second-order valence-electron chi connectivity index (χ2n) is 4.66. The van der Waals surface area contributed by atoms with E-state index < -0.39 is 11.9 Å². The number of aromatic carboxylic acids is 1. The third-order valence-electron chi connectivity index (χ3n) is 3.10. The molecule has 2 N–H and O–H groups in total. The Morgan fingerprint density at radius 2 is 1.96 bits per heavy atom. The van der Waals surface area contributed by atoms with Crippen molar-refractivity contribution >= 4 is 29.3 Å². The van der Waals surface area contributed by atoms with Gasteiger partial charge < -0.3 is 10.4 Å². The van der Waals surface area contributed by atoms with Crippen molar-refractivity contribution in [1.82, 2.24) is 20.0 Å². The van der Waals surface area contributed by atoms with Gasteiger partial charge in [0, 0.05) is 6.20 Å². The Morgan fingerprint density at radius 1 is 1.17 bits per heavy atom. The number of hydrogen-bond donors (Lipinski definition) is 2. The minimum Gasteiger partial charge on any atom is -0.478 e. The van der Waals surface area contributed by atoms with E-state index in [0.717, 1.165) is 0 Å². The molecule has 0 aliphatic heterocycles. The second kappa shape index (κ2) is 6.47. The van der Waals surface area contributed by atoms with E-state index in [2.05, 4.69) is 20.6 Å². The molecule has 1 aromatic carbocycles. The van der Waals surface area contributed by atoms with E-state index in [0.29, 0.717) is 10.7 Å². The molecule has 0 aliphatic carbocycles. The number of anilines is 1. The van der Waals surface area contributed by atoms with E-state index in [1.165, 1.54) is 29.2 Å². The van der Waals surface area contributed by atoms with Crippen molar-refractivity contribution in [2.24, 2.45) is 0 Å². The maximum absolute atomic E-state index is 12.2. The van der Waals surface area contributed by atoms with Crippen LogP contribution in [0.15, 0.2) is 48.8 Å². The van der Waals surface area contributed by atoms with E-state index >= 15 is 0 Å². The quantitative estimate of drug-likeness (QED) is 0.752. The first-order valence-electron chi connectivity index (χ1n) is 6.73. The summed E-state index contributed by atoms with van der Waals surface area (Å²) in [6.45, 7) is 0. The van der Waals surface area contributed by atoms with Crippen LogP contribution in [0.4, 0.5) is 5.82 Å². The van der Waals surface area contributed by atoms with E-state index in [1.807, 2.05) is 0 Å². The molecule has 2 aromatic heterocycles. The largest absolute Gasteiger partial charge is 0.478 e. The Kier molecular flexibility index (Phi) is 4.21. The number of nitrogens with one attached hydrogen (secondary N) is 1. The van der Waals surface area contributed by atoms with Gasteiger partial charge in [0.2, 0.25) is 0 Å². The maximum Gasteiger partial charge on any atom is 0.339 e. The average Bonchev–Trinajstić information content (AvgIpc) is 3.05. The standard InChI is InChI=1S/C15H10ClN5O3/c16-10-5-1-2-6-12(10)21-8-11(19-20-21)14(22)18-13-9(15(23)24)4-3-7-17-13/h1-8H,(H,23,24)(H,17,18,22). The number of para-hydroxylation sites is 1. The van der Waals surface area contributed by atoms with Crippen LogP contribution in [0.2, 0.25) is 5.02 Å². The smallest absolute Gasteiger partial charge is 0.339 e. The van der Waals surface area contributed by atoms with Crippen LogP contribution in [-0.2, 0) is 0 Å². The SMILES string of the molecule is O=C(Nc1ncccc1C(=O)O)c1cn(-c2ccccc2Cl)nn1. The van der Waals surface area contributed by atoms with Gasteiger partial charge in [0.25, 0.3) is 5.91 Å². The minimum absolute atomic E-state index is 0.00286. The number of benzene rings is 1. The zero-order valence-corrected chi connectivity index (χ0v) is 12.8. The number of carboxylic acid groups (broad SMARTS) is 1. The predicted octanol–water partition coefficient (Wildman–Crippen LogP) is 2.27. The third kappa shape index (κ3) is 3.08. The Balaban J connectivity index is 1.85. The fraction of sp³-hybridized carbons (Fsp3) is 0. The normalized spacial score (nSPS) is 10.4. The van der Waals surface area contributed by atoms with Crippen molar-refractivity contribution in [1.29, 1.82) is 0 Å². The van der Waals surface area contributed by atoms with Gasteiger partial charge in [0.1, 0.15) is 11.4 Å². The molecule has 9 heteroatoms. The number of hydrogen-bond acceptors (Lipinski definition) is 5. The average molecular weight is 344 g/mol. The summed E-state index contributed by atoms with van der Waals surface area (Å²) < 4.78 is 1.35. The lowest BCUT2D eigenvalue weighted by molar-refractivity contribution is 0.0697. The molecule has 0 bridgehead atoms. The molecular formula is C15H10ClN5O3. The van der Waals surface area contributed by atoms with Crippen LogP contribution in [0.5, 0.6) is 0 Å². The summed E-state index contributed by atoms with van der Waals surface area (Å²) in [6.07, 6.45) is 2.77. The lowest BCUT2D eigenvalue weighted by Gasteiger charge is -2.05. The Labute approximate surface area is 140 Å². The summed E-state index contributed by atoms with van der Waals surface area (Å²) in [4.78, 5) is 27.2. The van der Waals surface area contributed by atoms with Gasteiger partial charge in [-0.25, -0.2) is 14.5 Å². The van der Waals surface area contributed by atoms with Gasteiger partial charge in [-0.05, 0) is 24.3 Å². The first kappa shape index (κ1) is 15.6. The number of rotatable bonds is 4. The molecule has 0 spiro atoms. The van der Waals surface area contributed by atoms with Gasteiger partial charge in [-0.1, -0.05) is 28.9 Å². The summed E-state index contributed by atoms with van der Waals surface area (Å²) in [5.41, 5.74) is 0.441. The van der Waals surface area contributed by atoms with Crippen molar-refractivity contribution in [3.63, 3.8) is 0 Å².